The lowest BCUT2D eigenvalue weighted by atomic mass is 9.97. The lowest BCUT2D eigenvalue weighted by Gasteiger charge is -2.40. The SMILES string of the molecule is CC1(C)CC(C)(O)SC(=S)N1. The fourth-order valence-electron chi connectivity index (χ4n) is 1.40. The van der Waals surface area contributed by atoms with Crippen LogP contribution < -0.4 is 5.32 Å². The van der Waals surface area contributed by atoms with Gasteiger partial charge in [0.1, 0.15) is 9.25 Å². The second kappa shape index (κ2) is 2.61. The van der Waals surface area contributed by atoms with Crippen LogP contribution in [0.2, 0.25) is 0 Å². The zero-order valence-corrected chi connectivity index (χ0v) is 8.60. The molecule has 0 aromatic heterocycles. The molecule has 1 atom stereocenters. The highest BCUT2D eigenvalue weighted by atomic mass is 32.2. The molecule has 64 valence electrons. The van der Waals surface area contributed by atoms with E-state index in [9.17, 15) is 5.11 Å². The summed E-state index contributed by atoms with van der Waals surface area (Å²) in [6, 6.07) is 0. The predicted molar refractivity (Wildman–Crippen MR) is 52.6 cm³/mol. The molecule has 0 radical (unpaired) electrons. The summed E-state index contributed by atoms with van der Waals surface area (Å²) in [6.45, 7) is 5.87. The van der Waals surface area contributed by atoms with Crippen LogP contribution in [0.1, 0.15) is 27.2 Å². The van der Waals surface area contributed by atoms with Gasteiger partial charge in [-0.25, -0.2) is 0 Å². The van der Waals surface area contributed by atoms with E-state index in [4.69, 9.17) is 12.2 Å². The van der Waals surface area contributed by atoms with E-state index in [0.29, 0.717) is 10.7 Å². The van der Waals surface area contributed by atoms with Crippen LogP contribution in [-0.2, 0) is 0 Å². The summed E-state index contributed by atoms with van der Waals surface area (Å²) in [7, 11) is 0. The molecule has 0 aromatic rings. The van der Waals surface area contributed by atoms with Crippen LogP contribution in [0.4, 0.5) is 0 Å². The maximum Gasteiger partial charge on any atom is 0.136 e. The van der Waals surface area contributed by atoms with Crippen molar-refractivity contribution in [3.63, 3.8) is 0 Å². The fourth-order valence-corrected chi connectivity index (χ4v) is 3.38. The quantitative estimate of drug-likeness (QED) is 0.568. The van der Waals surface area contributed by atoms with Crippen molar-refractivity contribution in [2.75, 3.05) is 0 Å². The molecular formula is C7H13NOS2. The molecule has 0 saturated carbocycles. The van der Waals surface area contributed by atoms with Gasteiger partial charge < -0.3 is 10.4 Å². The Balaban J connectivity index is 2.74. The molecule has 0 bridgehead atoms. The summed E-state index contributed by atoms with van der Waals surface area (Å²) in [5, 5.41) is 12.9. The molecule has 0 aliphatic carbocycles. The molecule has 0 spiro atoms. The molecule has 1 heterocycles. The van der Waals surface area contributed by atoms with Crippen molar-refractivity contribution in [1.29, 1.82) is 0 Å². The third-order valence-electron chi connectivity index (χ3n) is 1.52. The van der Waals surface area contributed by atoms with Crippen LogP contribution >= 0.6 is 24.0 Å². The second-order valence-electron chi connectivity index (χ2n) is 3.75. The van der Waals surface area contributed by atoms with Crippen molar-refractivity contribution < 1.29 is 5.11 Å². The number of thiocarbonyl (C=S) groups is 1. The standard InChI is InChI=1S/C7H13NOS2/c1-6(2)4-7(3,9)11-5(10)8-6/h9H,4H2,1-3H3,(H,8,10). The molecule has 1 fully saturated rings. The first-order chi connectivity index (χ1) is 4.81. The average molecular weight is 191 g/mol. The molecule has 0 amide bonds. The van der Waals surface area contributed by atoms with Crippen LogP contribution in [0.25, 0.3) is 0 Å². The molecule has 4 heteroatoms. The van der Waals surface area contributed by atoms with E-state index in [1.807, 2.05) is 13.8 Å². The van der Waals surface area contributed by atoms with Gasteiger partial charge in [-0.15, -0.1) is 0 Å². The van der Waals surface area contributed by atoms with Gasteiger partial charge in [0.25, 0.3) is 0 Å². The minimum atomic E-state index is -0.703. The van der Waals surface area contributed by atoms with Gasteiger partial charge in [0.2, 0.25) is 0 Å². The molecule has 1 saturated heterocycles. The van der Waals surface area contributed by atoms with Crippen molar-refractivity contribution in [2.24, 2.45) is 0 Å². The van der Waals surface area contributed by atoms with E-state index in [1.54, 1.807) is 6.92 Å². The normalized spacial score (nSPS) is 36.5. The van der Waals surface area contributed by atoms with Crippen molar-refractivity contribution in [1.82, 2.24) is 5.32 Å². The molecule has 2 N–H and O–H groups in total. The summed E-state index contributed by atoms with van der Waals surface area (Å²) >= 11 is 6.32. The highest BCUT2D eigenvalue weighted by Crippen LogP contribution is 2.36. The minimum absolute atomic E-state index is 0.0775. The first-order valence-corrected chi connectivity index (χ1v) is 4.77. The maximum absolute atomic E-state index is 9.72. The van der Waals surface area contributed by atoms with Gasteiger partial charge in [0, 0.05) is 12.0 Å². The van der Waals surface area contributed by atoms with Gasteiger partial charge in [0.05, 0.1) is 0 Å². The first kappa shape index (κ1) is 9.29. The lowest BCUT2D eigenvalue weighted by molar-refractivity contribution is 0.116. The number of hydrogen-bond acceptors (Lipinski definition) is 3. The predicted octanol–water partition coefficient (Wildman–Crippen LogP) is 1.48. The highest BCUT2D eigenvalue weighted by Gasteiger charge is 2.37. The number of nitrogens with one attached hydrogen (secondary N) is 1. The Bertz CT molecular complexity index is 171. The molecule has 1 unspecified atom stereocenters. The Labute approximate surface area is 76.7 Å². The summed E-state index contributed by atoms with van der Waals surface area (Å²) in [5.41, 5.74) is -0.0775. The Morgan fingerprint density at radius 2 is 2.09 bits per heavy atom. The van der Waals surface area contributed by atoms with Crippen molar-refractivity contribution in [3.05, 3.63) is 0 Å². The number of hydrogen-bond donors (Lipinski definition) is 2. The average Bonchev–Trinajstić information content (AvgIpc) is 1.49. The molecule has 1 rings (SSSR count). The summed E-state index contributed by atoms with van der Waals surface area (Å²) in [4.78, 5) is -0.703. The van der Waals surface area contributed by atoms with Gasteiger partial charge in [-0.05, 0) is 20.8 Å². The largest absolute Gasteiger partial charge is 0.379 e. The molecule has 2 nitrogen and oxygen atoms in total. The molecule has 1 aliphatic heterocycles. The Morgan fingerprint density at radius 3 is 2.45 bits per heavy atom. The van der Waals surface area contributed by atoms with E-state index in [2.05, 4.69) is 5.32 Å². The maximum atomic E-state index is 9.72. The topological polar surface area (TPSA) is 32.3 Å². The number of thioether (sulfide) groups is 1. The smallest absolute Gasteiger partial charge is 0.136 e. The van der Waals surface area contributed by atoms with E-state index in [0.717, 1.165) is 0 Å². The van der Waals surface area contributed by atoms with Crippen molar-refractivity contribution in [2.45, 2.75) is 37.7 Å². The van der Waals surface area contributed by atoms with E-state index in [1.165, 1.54) is 11.8 Å². The van der Waals surface area contributed by atoms with Gasteiger partial charge in [-0.1, -0.05) is 24.0 Å². The Morgan fingerprint density at radius 1 is 1.55 bits per heavy atom. The van der Waals surface area contributed by atoms with Crippen LogP contribution in [0.15, 0.2) is 0 Å². The molecule has 0 aromatic carbocycles. The van der Waals surface area contributed by atoms with Crippen LogP contribution in [-0.4, -0.2) is 19.9 Å². The van der Waals surface area contributed by atoms with Crippen LogP contribution in [0, 0.1) is 0 Å². The highest BCUT2D eigenvalue weighted by molar-refractivity contribution is 8.23. The van der Waals surface area contributed by atoms with E-state index >= 15 is 0 Å². The third kappa shape index (κ3) is 2.61. The first-order valence-electron chi connectivity index (χ1n) is 3.54. The summed E-state index contributed by atoms with van der Waals surface area (Å²) in [5.74, 6) is 0. The van der Waals surface area contributed by atoms with Crippen LogP contribution in [0.3, 0.4) is 0 Å². The Hall–Kier alpha value is 0.200. The van der Waals surface area contributed by atoms with Gasteiger partial charge in [-0.3, -0.25) is 0 Å². The van der Waals surface area contributed by atoms with Gasteiger partial charge >= 0.3 is 0 Å². The van der Waals surface area contributed by atoms with Crippen molar-refractivity contribution >= 4 is 28.3 Å². The number of rotatable bonds is 0. The van der Waals surface area contributed by atoms with E-state index < -0.39 is 4.93 Å². The minimum Gasteiger partial charge on any atom is -0.379 e. The number of aliphatic hydroxyl groups is 1. The lowest BCUT2D eigenvalue weighted by Crippen LogP contribution is -2.52. The second-order valence-corrected chi connectivity index (χ2v) is 5.91. The molecule has 1 aliphatic rings. The van der Waals surface area contributed by atoms with Crippen molar-refractivity contribution in [3.8, 4) is 0 Å². The summed E-state index contributed by atoms with van der Waals surface area (Å²) < 4.78 is 0.686. The zero-order valence-electron chi connectivity index (χ0n) is 6.97. The molecular weight excluding hydrogens is 178 g/mol. The van der Waals surface area contributed by atoms with Gasteiger partial charge in [0.15, 0.2) is 0 Å². The molecule has 11 heavy (non-hydrogen) atoms. The Kier molecular flexibility index (Phi) is 2.20. The van der Waals surface area contributed by atoms with Gasteiger partial charge in [-0.2, -0.15) is 0 Å². The van der Waals surface area contributed by atoms with Crippen LogP contribution in [0.5, 0.6) is 0 Å². The fraction of sp³-hybridized carbons (Fsp3) is 0.857. The van der Waals surface area contributed by atoms with E-state index in [-0.39, 0.29) is 5.54 Å². The zero-order chi connectivity index (χ0) is 8.70. The summed E-state index contributed by atoms with van der Waals surface area (Å²) in [6.07, 6.45) is 0.713. The monoisotopic (exact) mass is 191 g/mol. The third-order valence-corrected chi connectivity index (χ3v) is 2.75.